The van der Waals surface area contributed by atoms with Crippen LogP contribution < -0.4 is 9.75 Å². The number of hydrogen-bond donors (Lipinski definition) is 0. The van der Waals surface area contributed by atoms with Gasteiger partial charge in [-0.3, -0.25) is 9.80 Å². The summed E-state index contributed by atoms with van der Waals surface area (Å²) in [5.41, 5.74) is 3.90. The van der Waals surface area contributed by atoms with Gasteiger partial charge in [0, 0.05) is 18.5 Å². The van der Waals surface area contributed by atoms with E-state index in [2.05, 4.69) is 5.10 Å². The number of nitrogens with zero attached hydrogens (tertiary/aromatic N) is 2. The van der Waals surface area contributed by atoms with Gasteiger partial charge >= 0.3 is 0 Å². The maximum absolute atomic E-state index is 11.3. The van der Waals surface area contributed by atoms with Crippen molar-refractivity contribution in [3.05, 3.63) is 59.7 Å². The molecule has 0 saturated carbocycles. The van der Waals surface area contributed by atoms with Crippen molar-refractivity contribution >= 4 is 17.2 Å². The summed E-state index contributed by atoms with van der Waals surface area (Å²) in [6, 6.07) is 15.5. The molecule has 0 atom stereocenters. The fraction of sp³-hybridized carbons (Fsp3) is 0.222. The number of benzene rings is 2. The summed E-state index contributed by atoms with van der Waals surface area (Å²) in [6.07, 6.45) is 0.894. The molecule has 0 bridgehead atoms. The van der Waals surface area contributed by atoms with Crippen LogP contribution in [-0.2, 0) is 0 Å². The van der Waals surface area contributed by atoms with Gasteiger partial charge in [0.2, 0.25) is 0 Å². The smallest absolute Gasteiger partial charge is 0.159 e. The number of Topliss-reactive ketones (excluding diaryl/α,β-unsaturated/α-hetero) is 1. The summed E-state index contributed by atoms with van der Waals surface area (Å²) in [7, 11) is 1.66. The SMILES string of the molecule is COc1ccc(N2CCC(c3ccc(C(C)=O)cc3)=N2)cc1. The predicted molar refractivity (Wildman–Crippen MR) is 87.9 cm³/mol. The summed E-state index contributed by atoms with van der Waals surface area (Å²) in [4.78, 5) is 11.3. The molecule has 0 aromatic heterocycles. The number of carbonyl (C=O) groups excluding carboxylic acids is 1. The number of hydrazone groups is 1. The van der Waals surface area contributed by atoms with E-state index in [4.69, 9.17) is 4.74 Å². The molecule has 4 nitrogen and oxygen atoms in total. The molecule has 1 aliphatic heterocycles. The summed E-state index contributed by atoms with van der Waals surface area (Å²) in [5.74, 6) is 0.923. The Labute approximate surface area is 130 Å². The van der Waals surface area contributed by atoms with Crippen LogP contribution in [0.2, 0.25) is 0 Å². The lowest BCUT2D eigenvalue weighted by atomic mass is 10.0. The van der Waals surface area contributed by atoms with E-state index in [-0.39, 0.29) is 5.78 Å². The second-order valence-corrected chi connectivity index (χ2v) is 5.25. The van der Waals surface area contributed by atoms with E-state index >= 15 is 0 Å². The van der Waals surface area contributed by atoms with Gasteiger partial charge in [-0.1, -0.05) is 24.3 Å². The van der Waals surface area contributed by atoms with Gasteiger partial charge < -0.3 is 4.74 Å². The number of hydrogen-bond acceptors (Lipinski definition) is 4. The van der Waals surface area contributed by atoms with Gasteiger partial charge in [0.15, 0.2) is 5.78 Å². The maximum Gasteiger partial charge on any atom is 0.159 e. The third-order valence-corrected chi connectivity index (χ3v) is 3.80. The predicted octanol–water partition coefficient (Wildman–Crippen LogP) is 3.51. The van der Waals surface area contributed by atoms with Gasteiger partial charge in [-0.2, -0.15) is 5.10 Å². The molecule has 0 saturated heterocycles. The Morgan fingerprint density at radius 2 is 1.77 bits per heavy atom. The molecule has 3 rings (SSSR count). The number of methoxy groups -OCH3 is 1. The van der Waals surface area contributed by atoms with E-state index in [1.165, 1.54) is 0 Å². The lowest BCUT2D eigenvalue weighted by molar-refractivity contribution is 0.101. The van der Waals surface area contributed by atoms with Crippen molar-refractivity contribution < 1.29 is 9.53 Å². The number of rotatable bonds is 4. The Kier molecular flexibility index (Phi) is 3.92. The fourth-order valence-corrected chi connectivity index (χ4v) is 2.50. The van der Waals surface area contributed by atoms with Gasteiger partial charge in [-0.15, -0.1) is 0 Å². The fourth-order valence-electron chi connectivity index (χ4n) is 2.50. The van der Waals surface area contributed by atoms with Gasteiger partial charge in [-0.25, -0.2) is 0 Å². The summed E-state index contributed by atoms with van der Waals surface area (Å²) < 4.78 is 5.17. The Bertz CT molecular complexity index is 703. The number of anilines is 1. The van der Waals surface area contributed by atoms with Crippen LogP contribution in [0.3, 0.4) is 0 Å². The highest BCUT2D eigenvalue weighted by atomic mass is 16.5. The Morgan fingerprint density at radius 3 is 2.36 bits per heavy atom. The van der Waals surface area contributed by atoms with E-state index in [0.717, 1.165) is 41.2 Å². The lowest BCUT2D eigenvalue weighted by Crippen LogP contribution is -2.11. The molecule has 0 fully saturated rings. The van der Waals surface area contributed by atoms with Crippen LogP contribution in [0.15, 0.2) is 53.6 Å². The zero-order valence-corrected chi connectivity index (χ0v) is 12.7. The summed E-state index contributed by atoms with van der Waals surface area (Å²) in [5, 5.41) is 6.68. The van der Waals surface area contributed by atoms with Crippen molar-refractivity contribution in [1.29, 1.82) is 0 Å². The zero-order chi connectivity index (χ0) is 15.5. The third-order valence-electron chi connectivity index (χ3n) is 3.80. The van der Waals surface area contributed by atoms with Gasteiger partial charge in [0.1, 0.15) is 5.75 Å². The third kappa shape index (κ3) is 2.86. The van der Waals surface area contributed by atoms with Crippen LogP contribution >= 0.6 is 0 Å². The largest absolute Gasteiger partial charge is 0.497 e. The molecule has 2 aromatic carbocycles. The summed E-state index contributed by atoms with van der Waals surface area (Å²) >= 11 is 0. The van der Waals surface area contributed by atoms with Crippen LogP contribution in [0.4, 0.5) is 5.69 Å². The minimum atomic E-state index is 0.0831. The van der Waals surface area contributed by atoms with Crippen LogP contribution in [0, 0.1) is 0 Å². The molecule has 0 spiro atoms. The molecule has 4 heteroatoms. The summed E-state index contributed by atoms with van der Waals surface area (Å²) in [6.45, 7) is 2.43. The Hall–Kier alpha value is -2.62. The molecule has 0 radical (unpaired) electrons. The molecule has 0 aliphatic carbocycles. The van der Waals surface area contributed by atoms with Crippen molar-refractivity contribution in [2.24, 2.45) is 5.10 Å². The van der Waals surface area contributed by atoms with Crippen LogP contribution in [0.25, 0.3) is 0 Å². The van der Waals surface area contributed by atoms with Crippen molar-refractivity contribution in [3.8, 4) is 5.75 Å². The van der Waals surface area contributed by atoms with Crippen LogP contribution in [0.1, 0.15) is 29.3 Å². The lowest BCUT2D eigenvalue weighted by Gasteiger charge is -2.13. The first-order valence-electron chi connectivity index (χ1n) is 7.28. The minimum absolute atomic E-state index is 0.0831. The zero-order valence-electron chi connectivity index (χ0n) is 12.7. The topological polar surface area (TPSA) is 41.9 Å². The van der Waals surface area contributed by atoms with Gasteiger partial charge in [-0.05, 0) is 36.8 Å². The normalized spacial score (nSPS) is 13.9. The van der Waals surface area contributed by atoms with Crippen molar-refractivity contribution in [2.45, 2.75) is 13.3 Å². The molecule has 1 heterocycles. The standard InChI is InChI=1S/C18H18N2O2/c1-13(21)14-3-5-15(6-4-14)18-11-12-20(19-18)16-7-9-17(22-2)10-8-16/h3-10H,11-12H2,1-2H3. The van der Waals surface area contributed by atoms with Crippen LogP contribution in [-0.4, -0.2) is 25.1 Å². The number of carbonyl (C=O) groups is 1. The monoisotopic (exact) mass is 294 g/mol. The van der Waals surface area contributed by atoms with Gasteiger partial charge in [0.25, 0.3) is 0 Å². The number of ketones is 1. The van der Waals surface area contributed by atoms with Crippen molar-refractivity contribution in [1.82, 2.24) is 0 Å². The first kappa shape index (κ1) is 14.3. The highest BCUT2D eigenvalue weighted by molar-refractivity contribution is 6.03. The molecule has 1 aliphatic rings. The van der Waals surface area contributed by atoms with E-state index in [1.54, 1.807) is 14.0 Å². The van der Waals surface area contributed by atoms with E-state index in [1.807, 2.05) is 53.5 Å². The first-order chi connectivity index (χ1) is 10.7. The van der Waals surface area contributed by atoms with E-state index in [0.29, 0.717) is 0 Å². The quantitative estimate of drug-likeness (QED) is 0.810. The minimum Gasteiger partial charge on any atom is -0.497 e. The average molecular weight is 294 g/mol. The van der Waals surface area contributed by atoms with Crippen molar-refractivity contribution in [3.63, 3.8) is 0 Å². The molecule has 0 amide bonds. The maximum atomic E-state index is 11.3. The van der Waals surface area contributed by atoms with E-state index < -0.39 is 0 Å². The molecule has 22 heavy (non-hydrogen) atoms. The number of ether oxygens (including phenoxy) is 1. The van der Waals surface area contributed by atoms with Gasteiger partial charge in [0.05, 0.1) is 18.5 Å². The molecular weight excluding hydrogens is 276 g/mol. The molecular formula is C18H18N2O2. The second kappa shape index (κ2) is 6.02. The Morgan fingerprint density at radius 1 is 1.09 bits per heavy atom. The molecule has 2 aromatic rings. The molecule has 112 valence electrons. The highest BCUT2D eigenvalue weighted by Crippen LogP contribution is 2.24. The van der Waals surface area contributed by atoms with Crippen LogP contribution in [0.5, 0.6) is 5.75 Å². The van der Waals surface area contributed by atoms with E-state index in [9.17, 15) is 4.79 Å². The second-order valence-electron chi connectivity index (χ2n) is 5.25. The highest BCUT2D eigenvalue weighted by Gasteiger charge is 2.17. The molecule has 0 unspecified atom stereocenters. The Balaban J connectivity index is 1.79. The average Bonchev–Trinajstić information content (AvgIpc) is 3.05. The van der Waals surface area contributed by atoms with Crippen molar-refractivity contribution in [2.75, 3.05) is 18.7 Å². The first-order valence-corrected chi connectivity index (χ1v) is 7.28. The molecule has 0 N–H and O–H groups in total.